The standard InChI is InChI=1S/C24H21ClN2O3/c1-27-14-22(17-5-9-19(29-2)10-6-17)24(26-27)21-12-11-20(13-23(21)28)30-15-16-3-7-18(25)8-4-16/h3-14,28H,15H2,1-2H3. The molecule has 30 heavy (non-hydrogen) atoms. The van der Waals surface area contributed by atoms with Crippen molar-refractivity contribution in [3.8, 4) is 39.6 Å². The Bertz CT molecular complexity index is 1150. The van der Waals surface area contributed by atoms with Crippen LogP contribution in [0.25, 0.3) is 22.4 Å². The molecule has 0 atom stereocenters. The molecule has 0 saturated heterocycles. The van der Waals surface area contributed by atoms with Crippen LogP contribution in [0.3, 0.4) is 0 Å². The molecule has 1 N–H and O–H groups in total. The number of hydrogen-bond acceptors (Lipinski definition) is 4. The van der Waals surface area contributed by atoms with Gasteiger partial charge in [-0.2, -0.15) is 5.10 Å². The molecule has 0 bridgehead atoms. The Labute approximate surface area is 180 Å². The number of phenolic OH excluding ortho intramolecular Hbond substituents is 1. The Morgan fingerprint density at radius 3 is 2.30 bits per heavy atom. The van der Waals surface area contributed by atoms with Crippen molar-refractivity contribution in [2.75, 3.05) is 7.11 Å². The molecular formula is C24H21ClN2O3. The summed E-state index contributed by atoms with van der Waals surface area (Å²) in [4.78, 5) is 0. The highest BCUT2D eigenvalue weighted by atomic mass is 35.5. The smallest absolute Gasteiger partial charge is 0.128 e. The maximum Gasteiger partial charge on any atom is 0.128 e. The molecule has 0 amide bonds. The van der Waals surface area contributed by atoms with Crippen molar-refractivity contribution in [1.82, 2.24) is 9.78 Å². The fraction of sp³-hybridized carbons (Fsp3) is 0.125. The molecule has 1 aromatic heterocycles. The van der Waals surface area contributed by atoms with Gasteiger partial charge in [-0.05, 0) is 47.5 Å². The van der Waals surface area contributed by atoms with Crippen LogP contribution in [-0.2, 0) is 13.7 Å². The number of halogens is 1. The molecule has 3 aromatic carbocycles. The zero-order chi connectivity index (χ0) is 21.1. The van der Waals surface area contributed by atoms with Gasteiger partial charge in [-0.3, -0.25) is 4.68 Å². The largest absolute Gasteiger partial charge is 0.507 e. The third-order valence-corrected chi connectivity index (χ3v) is 5.02. The van der Waals surface area contributed by atoms with Crippen molar-refractivity contribution >= 4 is 11.6 Å². The zero-order valence-corrected chi connectivity index (χ0v) is 17.4. The van der Waals surface area contributed by atoms with Crippen molar-refractivity contribution in [3.05, 3.63) is 83.5 Å². The van der Waals surface area contributed by atoms with E-state index in [1.165, 1.54) is 0 Å². The van der Waals surface area contributed by atoms with Crippen LogP contribution in [0, 0.1) is 0 Å². The Morgan fingerprint density at radius 1 is 0.933 bits per heavy atom. The number of aryl methyl sites for hydroxylation is 1. The molecule has 0 aliphatic carbocycles. The van der Waals surface area contributed by atoms with Gasteiger partial charge in [0.25, 0.3) is 0 Å². The lowest BCUT2D eigenvalue weighted by Gasteiger charge is -2.10. The molecule has 5 nitrogen and oxygen atoms in total. The molecule has 6 heteroatoms. The molecule has 0 aliphatic heterocycles. The third-order valence-electron chi connectivity index (χ3n) is 4.77. The summed E-state index contributed by atoms with van der Waals surface area (Å²) in [5.41, 5.74) is 4.24. The van der Waals surface area contributed by atoms with Crippen LogP contribution in [0.2, 0.25) is 5.02 Å². The summed E-state index contributed by atoms with van der Waals surface area (Å²) in [5, 5.41) is 15.9. The van der Waals surface area contributed by atoms with Crippen molar-refractivity contribution in [2.45, 2.75) is 6.61 Å². The summed E-state index contributed by atoms with van der Waals surface area (Å²) in [5.74, 6) is 1.47. The van der Waals surface area contributed by atoms with Crippen molar-refractivity contribution < 1.29 is 14.6 Å². The average molecular weight is 421 g/mol. The first-order chi connectivity index (χ1) is 14.5. The normalized spacial score (nSPS) is 10.8. The first-order valence-electron chi connectivity index (χ1n) is 9.42. The van der Waals surface area contributed by atoms with E-state index >= 15 is 0 Å². The minimum atomic E-state index is 0.108. The Hall–Kier alpha value is -3.44. The van der Waals surface area contributed by atoms with Crippen molar-refractivity contribution in [2.24, 2.45) is 7.05 Å². The predicted octanol–water partition coefficient (Wildman–Crippen LogP) is 5.70. The zero-order valence-electron chi connectivity index (χ0n) is 16.7. The van der Waals surface area contributed by atoms with E-state index in [0.717, 1.165) is 22.4 Å². The van der Waals surface area contributed by atoms with Gasteiger partial charge in [0.2, 0.25) is 0 Å². The molecule has 0 radical (unpaired) electrons. The first-order valence-corrected chi connectivity index (χ1v) is 9.80. The number of aromatic hydroxyl groups is 1. The molecule has 0 unspecified atom stereocenters. The molecule has 4 rings (SSSR count). The molecule has 0 fully saturated rings. The van der Waals surface area contributed by atoms with Crippen LogP contribution in [0.15, 0.2) is 72.9 Å². The topological polar surface area (TPSA) is 56.5 Å². The van der Waals surface area contributed by atoms with Crippen LogP contribution >= 0.6 is 11.6 Å². The fourth-order valence-corrected chi connectivity index (χ4v) is 3.34. The maximum atomic E-state index is 10.7. The Morgan fingerprint density at radius 2 is 1.63 bits per heavy atom. The van der Waals surface area contributed by atoms with Crippen LogP contribution in [0.4, 0.5) is 0 Å². The van der Waals surface area contributed by atoms with Crippen LogP contribution in [-0.4, -0.2) is 22.0 Å². The molecule has 0 saturated carbocycles. The van der Waals surface area contributed by atoms with Crippen LogP contribution in [0.5, 0.6) is 17.2 Å². The molecule has 0 spiro atoms. The first kappa shape index (κ1) is 19.9. The van der Waals surface area contributed by atoms with Crippen molar-refractivity contribution in [3.63, 3.8) is 0 Å². The number of benzene rings is 3. The second kappa shape index (κ2) is 8.51. The lowest BCUT2D eigenvalue weighted by atomic mass is 10.0. The lowest BCUT2D eigenvalue weighted by molar-refractivity contribution is 0.304. The van der Waals surface area contributed by atoms with Gasteiger partial charge in [-0.25, -0.2) is 0 Å². The van der Waals surface area contributed by atoms with Gasteiger partial charge in [0.15, 0.2) is 0 Å². The summed E-state index contributed by atoms with van der Waals surface area (Å²) >= 11 is 5.91. The summed E-state index contributed by atoms with van der Waals surface area (Å²) < 4.78 is 12.8. The average Bonchev–Trinajstić information content (AvgIpc) is 3.15. The van der Waals surface area contributed by atoms with Crippen molar-refractivity contribution in [1.29, 1.82) is 0 Å². The van der Waals surface area contributed by atoms with E-state index in [9.17, 15) is 5.11 Å². The van der Waals surface area contributed by atoms with Gasteiger partial charge in [-0.15, -0.1) is 0 Å². The second-order valence-corrected chi connectivity index (χ2v) is 7.32. The van der Waals surface area contributed by atoms with Gasteiger partial charge in [0.1, 0.15) is 29.5 Å². The number of ether oxygens (including phenoxy) is 2. The molecule has 1 heterocycles. The van der Waals surface area contributed by atoms with Gasteiger partial charge >= 0.3 is 0 Å². The van der Waals surface area contributed by atoms with E-state index in [-0.39, 0.29) is 5.75 Å². The highest BCUT2D eigenvalue weighted by Crippen LogP contribution is 2.38. The number of methoxy groups -OCH3 is 1. The maximum absolute atomic E-state index is 10.7. The minimum absolute atomic E-state index is 0.108. The Kier molecular flexibility index (Phi) is 5.63. The number of aromatic nitrogens is 2. The van der Waals surface area contributed by atoms with E-state index in [1.54, 1.807) is 17.9 Å². The monoisotopic (exact) mass is 420 g/mol. The fourth-order valence-electron chi connectivity index (χ4n) is 3.22. The summed E-state index contributed by atoms with van der Waals surface area (Å²) in [6, 6.07) is 20.5. The van der Waals surface area contributed by atoms with E-state index in [4.69, 9.17) is 21.1 Å². The van der Waals surface area contributed by atoms with Gasteiger partial charge < -0.3 is 14.6 Å². The molecule has 152 valence electrons. The second-order valence-electron chi connectivity index (χ2n) is 6.89. The quantitative estimate of drug-likeness (QED) is 0.434. The minimum Gasteiger partial charge on any atom is -0.507 e. The molecule has 0 aliphatic rings. The molecule has 4 aromatic rings. The third kappa shape index (κ3) is 4.26. The van der Waals surface area contributed by atoms with Crippen LogP contribution < -0.4 is 9.47 Å². The van der Waals surface area contributed by atoms with E-state index in [0.29, 0.717) is 28.6 Å². The number of nitrogens with zero attached hydrogens (tertiary/aromatic N) is 2. The Balaban J connectivity index is 1.59. The SMILES string of the molecule is COc1ccc(-c2cn(C)nc2-c2ccc(OCc3ccc(Cl)cc3)cc2O)cc1. The highest BCUT2D eigenvalue weighted by molar-refractivity contribution is 6.30. The molecular weight excluding hydrogens is 400 g/mol. The lowest BCUT2D eigenvalue weighted by Crippen LogP contribution is -1.95. The summed E-state index contributed by atoms with van der Waals surface area (Å²) in [6.45, 7) is 0.386. The highest BCUT2D eigenvalue weighted by Gasteiger charge is 2.16. The van der Waals surface area contributed by atoms with E-state index < -0.39 is 0 Å². The van der Waals surface area contributed by atoms with Gasteiger partial charge in [0.05, 0.1) is 7.11 Å². The van der Waals surface area contributed by atoms with E-state index in [1.807, 2.05) is 73.9 Å². The van der Waals surface area contributed by atoms with Gasteiger partial charge in [0, 0.05) is 35.5 Å². The summed E-state index contributed by atoms with van der Waals surface area (Å²) in [6.07, 6.45) is 1.93. The predicted molar refractivity (Wildman–Crippen MR) is 118 cm³/mol. The van der Waals surface area contributed by atoms with Crippen LogP contribution in [0.1, 0.15) is 5.56 Å². The number of hydrogen-bond donors (Lipinski definition) is 1. The van der Waals surface area contributed by atoms with E-state index in [2.05, 4.69) is 5.10 Å². The van der Waals surface area contributed by atoms with Gasteiger partial charge in [-0.1, -0.05) is 35.9 Å². The number of rotatable bonds is 6. The number of phenols is 1. The summed E-state index contributed by atoms with van der Waals surface area (Å²) in [7, 11) is 3.50.